The maximum Gasteiger partial charge on any atom is 0.276 e. The Balaban J connectivity index is 1.57. The highest BCUT2D eigenvalue weighted by Gasteiger charge is 2.45. The monoisotopic (exact) mass is 364 g/mol. The molecule has 3 aliphatic rings. The second-order valence-corrected chi connectivity index (χ2v) is 8.51. The normalized spacial score (nSPS) is 24.8. The number of hydrogen-bond acceptors (Lipinski definition) is 3. The zero-order chi connectivity index (χ0) is 18.7. The maximum atomic E-state index is 13.7. The molecule has 1 aromatic heterocycles. The van der Waals surface area contributed by atoms with Crippen LogP contribution in [0.4, 0.5) is 5.69 Å². The lowest BCUT2D eigenvalue weighted by Gasteiger charge is -2.36. The molecule has 3 heterocycles. The molecule has 2 aromatic rings. The Morgan fingerprint density at radius 2 is 2.04 bits per heavy atom. The molecule has 1 saturated carbocycles. The molecular weight excluding hydrogens is 336 g/mol. The van der Waals surface area contributed by atoms with E-state index in [0.29, 0.717) is 11.8 Å². The third kappa shape index (κ3) is 2.71. The molecule has 2 unspecified atom stereocenters. The standard InChI is InChI=1S/C22H28N4O/c1-4-25-21(12-18(23-25)15-6-7-15)22(27)26-19-8-5-14(2)11-16(19)17-13-24(3)10-9-20(17)26/h5,8,11-12,15,17,20H,4,6-7,9-10,13H2,1-3H3. The van der Waals surface area contributed by atoms with E-state index in [0.717, 1.165) is 43.1 Å². The van der Waals surface area contributed by atoms with Crippen LogP contribution in [-0.2, 0) is 6.54 Å². The summed E-state index contributed by atoms with van der Waals surface area (Å²) in [6, 6.07) is 8.88. The van der Waals surface area contributed by atoms with Crippen molar-refractivity contribution in [3.05, 3.63) is 46.8 Å². The highest BCUT2D eigenvalue weighted by Crippen LogP contribution is 2.46. The van der Waals surface area contributed by atoms with Crippen molar-refractivity contribution in [3.8, 4) is 0 Å². The molecule has 1 saturated heterocycles. The van der Waals surface area contributed by atoms with Gasteiger partial charge in [0, 0.05) is 36.7 Å². The van der Waals surface area contributed by atoms with Gasteiger partial charge in [-0.15, -0.1) is 0 Å². The van der Waals surface area contributed by atoms with Crippen molar-refractivity contribution in [1.29, 1.82) is 0 Å². The molecular formula is C22H28N4O. The first-order chi connectivity index (χ1) is 13.1. The van der Waals surface area contributed by atoms with Crippen molar-refractivity contribution in [2.24, 2.45) is 0 Å². The molecule has 1 aromatic carbocycles. The van der Waals surface area contributed by atoms with Gasteiger partial charge in [0.1, 0.15) is 5.69 Å². The van der Waals surface area contributed by atoms with E-state index in [2.05, 4.69) is 55.0 Å². The highest BCUT2D eigenvalue weighted by atomic mass is 16.2. The number of hydrogen-bond donors (Lipinski definition) is 0. The first-order valence-electron chi connectivity index (χ1n) is 10.3. The van der Waals surface area contributed by atoms with Gasteiger partial charge in [-0.05, 0) is 64.4 Å². The Kier molecular flexibility index (Phi) is 3.90. The van der Waals surface area contributed by atoms with Crippen molar-refractivity contribution in [2.75, 3.05) is 25.0 Å². The lowest BCUT2D eigenvalue weighted by Crippen LogP contribution is -2.47. The zero-order valence-electron chi connectivity index (χ0n) is 16.5. The van der Waals surface area contributed by atoms with Crippen LogP contribution in [0.15, 0.2) is 24.3 Å². The predicted octanol–water partition coefficient (Wildman–Crippen LogP) is 3.54. The Morgan fingerprint density at radius 3 is 2.78 bits per heavy atom. The van der Waals surface area contributed by atoms with E-state index in [9.17, 15) is 4.79 Å². The smallest absolute Gasteiger partial charge is 0.276 e. The first kappa shape index (κ1) is 17.0. The van der Waals surface area contributed by atoms with Crippen LogP contribution in [0.1, 0.15) is 65.3 Å². The molecule has 1 aliphatic carbocycles. The summed E-state index contributed by atoms with van der Waals surface area (Å²) in [5.74, 6) is 1.09. The number of benzene rings is 1. The van der Waals surface area contributed by atoms with Crippen molar-refractivity contribution in [1.82, 2.24) is 14.7 Å². The fourth-order valence-electron chi connectivity index (χ4n) is 4.90. The van der Waals surface area contributed by atoms with E-state index in [1.165, 1.54) is 24.0 Å². The summed E-state index contributed by atoms with van der Waals surface area (Å²) in [5, 5.41) is 4.73. The quantitative estimate of drug-likeness (QED) is 0.836. The minimum Gasteiger partial charge on any atom is -0.306 e. The topological polar surface area (TPSA) is 41.4 Å². The summed E-state index contributed by atoms with van der Waals surface area (Å²) in [6.07, 6.45) is 3.44. The van der Waals surface area contributed by atoms with E-state index in [1.54, 1.807) is 0 Å². The van der Waals surface area contributed by atoms with E-state index in [4.69, 9.17) is 5.10 Å². The average Bonchev–Trinajstić information content (AvgIpc) is 3.34. The van der Waals surface area contributed by atoms with Gasteiger partial charge in [-0.25, -0.2) is 0 Å². The number of anilines is 1. The molecule has 5 nitrogen and oxygen atoms in total. The molecule has 0 N–H and O–H groups in total. The Bertz CT molecular complexity index is 898. The fraction of sp³-hybridized carbons (Fsp3) is 0.545. The number of aromatic nitrogens is 2. The first-order valence-corrected chi connectivity index (χ1v) is 10.3. The van der Waals surface area contributed by atoms with Gasteiger partial charge in [0.25, 0.3) is 5.91 Å². The van der Waals surface area contributed by atoms with Crippen molar-refractivity contribution >= 4 is 11.6 Å². The van der Waals surface area contributed by atoms with Gasteiger partial charge in [-0.3, -0.25) is 9.48 Å². The minimum absolute atomic E-state index is 0.124. The van der Waals surface area contributed by atoms with Gasteiger partial charge in [0.05, 0.1) is 5.69 Å². The van der Waals surface area contributed by atoms with Crippen LogP contribution in [0.25, 0.3) is 0 Å². The molecule has 142 valence electrons. The summed E-state index contributed by atoms with van der Waals surface area (Å²) in [7, 11) is 2.18. The van der Waals surface area contributed by atoms with E-state index in [1.807, 2.05) is 4.68 Å². The number of aryl methyl sites for hydroxylation is 2. The van der Waals surface area contributed by atoms with Gasteiger partial charge in [-0.2, -0.15) is 5.10 Å². The van der Waals surface area contributed by atoms with Crippen LogP contribution >= 0.6 is 0 Å². The summed E-state index contributed by atoms with van der Waals surface area (Å²) in [4.78, 5) is 18.2. The average molecular weight is 364 g/mol. The van der Waals surface area contributed by atoms with Gasteiger partial charge < -0.3 is 9.80 Å². The summed E-state index contributed by atoms with van der Waals surface area (Å²) in [6.45, 7) is 7.00. The Hall–Kier alpha value is -2.14. The SMILES string of the molecule is CCn1nc(C2CC2)cc1C(=O)N1c2ccc(C)cc2C2CN(C)CCC21. The number of nitrogens with zero attached hydrogens (tertiary/aromatic N) is 4. The molecule has 2 atom stereocenters. The van der Waals surface area contributed by atoms with Crippen LogP contribution in [0.2, 0.25) is 0 Å². The molecule has 27 heavy (non-hydrogen) atoms. The summed E-state index contributed by atoms with van der Waals surface area (Å²) in [5.41, 5.74) is 5.57. The number of piperidine rings is 1. The maximum absolute atomic E-state index is 13.7. The number of carbonyl (C=O) groups excluding carboxylic acids is 1. The fourth-order valence-corrected chi connectivity index (χ4v) is 4.90. The second-order valence-electron chi connectivity index (χ2n) is 8.51. The van der Waals surface area contributed by atoms with E-state index >= 15 is 0 Å². The van der Waals surface area contributed by atoms with E-state index in [-0.39, 0.29) is 11.9 Å². The lowest BCUT2D eigenvalue weighted by molar-refractivity contribution is 0.0954. The van der Waals surface area contributed by atoms with Crippen molar-refractivity contribution in [2.45, 2.75) is 57.5 Å². The van der Waals surface area contributed by atoms with Gasteiger partial charge >= 0.3 is 0 Å². The van der Waals surface area contributed by atoms with Crippen LogP contribution in [0.5, 0.6) is 0 Å². The molecule has 0 spiro atoms. The predicted molar refractivity (Wildman–Crippen MR) is 107 cm³/mol. The second kappa shape index (κ2) is 6.20. The number of carbonyl (C=O) groups is 1. The van der Waals surface area contributed by atoms with Gasteiger partial charge in [0.2, 0.25) is 0 Å². The number of amides is 1. The molecule has 0 radical (unpaired) electrons. The molecule has 2 aliphatic heterocycles. The van der Waals surface area contributed by atoms with Crippen molar-refractivity contribution < 1.29 is 4.79 Å². The molecule has 1 amide bonds. The highest BCUT2D eigenvalue weighted by molar-refractivity contribution is 6.07. The molecule has 5 heteroatoms. The molecule has 5 rings (SSSR count). The number of fused-ring (bicyclic) bond motifs is 3. The van der Waals surface area contributed by atoms with Crippen LogP contribution in [0.3, 0.4) is 0 Å². The molecule has 2 fully saturated rings. The van der Waals surface area contributed by atoms with Gasteiger partial charge in [-0.1, -0.05) is 17.7 Å². The number of rotatable bonds is 3. The van der Waals surface area contributed by atoms with E-state index < -0.39 is 0 Å². The van der Waals surface area contributed by atoms with Crippen LogP contribution < -0.4 is 4.90 Å². The lowest BCUT2D eigenvalue weighted by atomic mass is 9.89. The zero-order valence-corrected chi connectivity index (χ0v) is 16.5. The van der Waals surface area contributed by atoms with Gasteiger partial charge in [0.15, 0.2) is 0 Å². The summed E-state index contributed by atoms with van der Waals surface area (Å²) >= 11 is 0. The number of likely N-dealkylation sites (tertiary alicyclic amines) is 1. The number of likely N-dealkylation sites (N-methyl/N-ethyl adjacent to an activating group) is 1. The largest absolute Gasteiger partial charge is 0.306 e. The third-order valence-corrected chi connectivity index (χ3v) is 6.49. The molecule has 0 bridgehead atoms. The summed E-state index contributed by atoms with van der Waals surface area (Å²) < 4.78 is 1.91. The Labute approximate surface area is 161 Å². The third-order valence-electron chi connectivity index (χ3n) is 6.49. The van der Waals surface area contributed by atoms with Crippen LogP contribution in [-0.4, -0.2) is 46.8 Å². The Morgan fingerprint density at radius 1 is 1.22 bits per heavy atom. The van der Waals surface area contributed by atoms with Crippen molar-refractivity contribution in [3.63, 3.8) is 0 Å². The van der Waals surface area contributed by atoms with Crippen LogP contribution in [0, 0.1) is 6.92 Å². The minimum atomic E-state index is 0.124.